The Hall–Kier alpha value is -2.84. The maximum atomic E-state index is 14.1. The number of urea groups is 1. The molecule has 3 rings (SSSR count). The van der Waals surface area contributed by atoms with Crippen LogP contribution in [-0.4, -0.2) is 67.3 Å². The third kappa shape index (κ3) is 4.66. The molecule has 3 heterocycles. The Balaban J connectivity index is 1.63. The summed E-state index contributed by atoms with van der Waals surface area (Å²) in [6, 6.07) is 3.21. The standard InChI is InChI=1S/C18H25FN6O2/c1-23(2)17-20-6-4-16(22-17)25-10-14(19)8-15(25)11-24(3)18(26)21-9-13-5-7-27-12-13/h4-7,12,14-15H,8-11H2,1-3H3,(H,21,26)/t14-,15-/m0/s1. The smallest absolute Gasteiger partial charge is 0.317 e. The van der Waals surface area contributed by atoms with Gasteiger partial charge < -0.3 is 24.4 Å². The number of aromatic nitrogens is 2. The highest BCUT2D eigenvalue weighted by Gasteiger charge is 2.34. The van der Waals surface area contributed by atoms with Gasteiger partial charge >= 0.3 is 6.03 Å². The monoisotopic (exact) mass is 376 g/mol. The van der Waals surface area contributed by atoms with Crippen molar-refractivity contribution in [3.63, 3.8) is 0 Å². The first-order chi connectivity index (χ1) is 12.9. The van der Waals surface area contributed by atoms with Crippen LogP contribution in [-0.2, 0) is 6.54 Å². The minimum absolute atomic E-state index is 0.144. The van der Waals surface area contributed by atoms with E-state index in [0.29, 0.717) is 31.3 Å². The number of rotatable bonds is 6. The van der Waals surface area contributed by atoms with Crippen LogP contribution in [0.4, 0.5) is 21.0 Å². The fourth-order valence-corrected chi connectivity index (χ4v) is 3.13. The lowest BCUT2D eigenvalue weighted by molar-refractivity contribution is 0.204. The number of nitrogens with zero attached hydrogens (tertiary/aromatic N) is 5. The minimum Gasteiger partial charge on any atom is -0.472 e. The molecule has 1 aliphatic rings. The summed E-state index contributed by atoms with van der Waals surface area (Å²) < 4.78 is 19.1. The molecule has 8 nitrogen and oxygen atoms in total. The SMILES string of the molecule is CN(C[C@@H]1C[C@H](F)CN1c1ccnc(N(C)C)n1)C(=O)NCc1ccoc1. The zero-order valence-electron chi connectivity index (χ0n) is 15.8. The third-order valence-electron chi connectivity index (χ3n) is 4.54. The summed E-state index contributed by atoms with van der Waals surface area (Å²) in [5.41, 5.74) is 0.889. The van der Waals surface area contributed by atoms with Gasteiger partial charge in [-0.2, -0.15) is 4.98 Å². The van der Waals surface area contributed by atoms with Crippen molar-refractivity contribution in [3.05, 3.63) is 36.4 Å². The van der Waals surface area contributed by atoms with Gasteiger partial charge in [0.05, 0.1) is 25.1 Å². The van der Waals surface area contributed by atoms with Crippen LogP contribution in [0.2, 0.25) is 0 Å². The van der Waals surface area contributed by atoms with E-state index in [-0.39, 0.29) is 18.6 Å². The van der Waals surface area contributed by atoms with Crippen LogP contribution in [0.5, 0.6) is 0 Å². The molecule has 1 fully saturated rings. The molecular weight excluding hydrogens is 351 g/mol. The number of hydrogen-bond acceptors (Lipinski definition) is 6. The molecule has 27 heavy (non-hydrogen) atoms. The van der Waals surface area contributed by atoms with Crippen molar-refractivity contribution in [1.82, 2.24) is 20.2 Å². The molecule has 0 unspecified atom stereocenters. The summed E-state index contributed by atoms with van der Waals surface area (Å²) in [6.07, 6.45) is 4.23. The molecule has 0 spiro atoms. The number of carbonyl (C=O) groups is 1. The highest BCUT2D eigenvalue weighted by molar-refractivity contribution is 5.74. The van der Waals surface area contributed by atoms with Gasteiger partial charge in [-0.15, -0.1) is 0 Å². The molecule has 2 amide bonds. The maximum Gasteiger partial charge on any atom is 0.317 e. The van der Waals surface area contributed by atoms with E-state index in [4.69, 9.17) is 4.42 Å². The molecule has 0 bridgehead atoms. The van der Waals surface area contributed by atoms with Crippen LogP contribution in [0.25, 0.3) is 0 Å². The Bertz CT molecular complexity index is 754. The zero-order valence-corrected chi connectivity index (χ0v) is 15.8. The number of likely N-dealkylation sites (N-methyl/N-ethyl adjacent to an activating group) is 1. The predicted octanol–water partition coefficient (Wildman–Crippen LogP) is 1.89. The number of nitrogens with one attached hydrogen (secondary N) is 1. The predicted molar refractivity (Wildman–Crippen MR) is 101 cm³/mol. The molecule has 2 aromatic heterocycles. The van der Waals surface area contributed by atoms with Gasteiger partial charge in [0.1, 0.15) is 12.0 Å². The summed E-state index contributed by atoms with van der Waals surface area (Å²) in [7, 11) is 5.42. The van der Waals surface area contributed by atoms with Gasteiger partial charge in [0.15, 0.2) is 0 Å². The highest BCUT2D eigenvalue weighted by atomic mass is 19.1. The van der Waals surface area contributed by atoms with E-state index in [2.05, 4.69) is 15.3 Å². The van der Waals surface area contributed by atoms with Crippen molar-refractivity contribution in [2.75, 3.05) is 44.0 Å². The van der Waals surface area contributed by atoms with Crippen molar-refractivity contribution in [1.29, 1.82) is 0 Å². The van der Waals surface area contributed by atoms with Crippen LogP contribution < -0.4 is 15.1 Å². The minimum atomic E-state index is -0.949. The summed E-state index contributed by atoms with van der Waals surface area (Å²) in [5.74, 6) is 1.24. The van der Waals surface area contributed by atoms with E-state index >= 15 is 0 Å². The van der Waals surface area contributed by atoms with Crippen molar-refractivity contribution >= 4 is 17.8 Å². The lowest BCUT2D eigenvalue weighted by Gasteiger charge is -2.29. The van der Waals surface area contributed by atoms with Gasteiger partial charge in [-0.3, -0.25) is 0 Å². The topological polar surface area (TPSA) is 77.7 Å². The Labute approximate surface area is 158 Å². The second-order valence-electron chi connectivity index (χ2n) is 6.92. The molecule has 0 saturated carbocycles. The molecule has 9 heteroatoms. The quantitative estimate of drug-likeness (QED) is 0.830. The molecule has 2 aromatic rings. The number of anilines is 2. The largest absolute Gasteiger partial charge is 0.472 e. The fraction of sp³-hybridized carbons (Fsp3) is 0.500. The lowest BCUT2D eigenvalue weighted by atomic mass is 10.2. The van der Waals surface area contributed by atoms with E-state index < -0.39 is 6.17 Å². The van der Waals surface area contributed by atoms with Crippen molar-refractivity contribution in [2.45, 2.75) is 25.2 Å². The van der Waals surface area contributed by atoms with Crippen molar-refractivity contribution in [2.24, 2.45) is 0 Å². The Kier molecular flexibility index (Phi) is 5.78. The van der Waals surface area contributed by atoms with E-state index in [1.165, 1.54) is 0 Å². The summed E-state index contributed by atoms with van der Waals surface area (Å²) in [5, 5.41) is 2.83. The molecule has 0 radical (unpaired) electrons. The molecular formula is C18H25FN6O2. The number of carbonyl (C=O) groups excluding carboxylic acids is 1. The van der Waals surface area contributed by atoms with E-state index in [1.807, 2.05) is 19.0 Å². The first-order valence-electron chi connectivity index (χ1n) is 8.85. The Morgan fingerprint density at radius 2 is 2.22 bits per heavy atom. The first kappa shape index (κ1) is 18.9. The normalized spacial score (nSPS) is 19.2. The van der Waals surface area contributed by atoms with Gasteiger partial charge in [0, 0.05) is 52.4 Å². The van der Waals surface area contributed by atoms with Crippen LogP contribution in [0.3, 0.4) is 0 Å². The number of furan rings is 1. The second-order valence-corrected chi connectivity index (χ2v) is 6.92. The van der Waals surface area contributed by atoms with Gasteiger partial charge in [0.2, 0.25) is 5.95 Å². The number of halogens is 1. The maximum absolute atomic E-state index is 14.1. The van der Waals surface area contributed by atoms with E-state index in [9.17, 15) is 9.18 Å². The molecule has 146 valence electrons. The second kappa shape index (κ2) is 8.24. The van der Waals surface area contributed by atoms with Crippen LogP contribution in [0.15, 0.2) is 35.3 Å². The zero-order chi connectivity index (χ0) is 19.4. The molecule has 0 aliphatic carbocycles. The average molecular weight is 376 g/mol. The summed E-state index contributed by atoms with van der Waals surface area (Å²) >= 11 is 0. The third-order valence-corrected chi connectivity index (χ3v) is 4.54. The van der Waals surface area contributed by atoms with Crippen molar-refractivity contribution < 1.29 is 13.6 Å². The lowest BCUT2D eigenvalue weighted by Crippen LogP contribution is -2.45. The molecule has 1 N–H and O–H groups in total. The molecule has 1 aliphatic heterocycles. The van der Waals surface area contributed by atoms with Gasteiger partial charge in [-0.1, -0.05) is 0 Å². The first-order valence-corrected chi connectivity index (χ1v) is 8.85. The number of hydrogen-bond donors (Lipinski definition) is 1. The van der Waals surface area contributed by atoms with Crippen LogP contribution >= 0.6 is 0 Å². The van der Waals surface area contributed by atoms with Gasteiger partial charge in [-0.25, -0.2) is 14.2 Å². The van der Waals surface area contributed by atoms with E-state index in [0.717, 1.165) is 5.56 Å². The van der Waals surface area contributed by atoms with Crippen LogP contribution in [0, 0.1) is 0 Å². The van der Waals surface area contributed by atoms with Crippen molar-refractivity contribution in [3.8, 4) is 0 Å². The Morgan fingerprint density at radius 1 is 1.41 bits per heavy atom. The number of amides is 2. The highest BCUT2D eigenvalue weighted by Crippen LogP contribution is 2.27. The fourth-order valence-electron chi connectivity index (χ4n) is 3.13. The molecule has 0 aromatic carbocycles. The van der Waals surface area contributed by atoms with Crippen LogP contribution in [0.1, 0.15) is 12.0 Å². The molecule has 2 atom stereocenters. The Morgan fingerprint density at radius 3 is 2.93 bits per heavy atom. The van der Waals surface area contributed by atoms with E-state index in [1.54, 1.807) is 47.7 Å². The molecule has 1 saturated heterocycles. The summed E-state index contributed by atoms with van der Waals surface area (Å²) in [6.45, 7) is 1.05. The van der Waals surface area contributed by atoms with Gasteiger partial charge in [0.25, 0.3) is 0 Å². The summed E-state index contributed by atoms with van der Waals surface area (Å²) in [4.78, 5) is 26.3. The average Bonchev–Trinajstić information content (AvgIpc) is 3.29. The number of alkyl halides is 1. The van der Waals surface area contributed by atoms with Gasteiger partial charge in [-0.05, 0) is 12.1 Å².